The van der Waals surface area contributed by atoms with Crippen LogP contribution in [0.1, 0.15) is 42.7 Å². The molecule has 1 heterocycles. The third-order valence-corrected chi connectivity index (χ3v) is 4.21. The molecule has 132 valence electrons. The van der Waals surface area contributed by atoms with Gasteiger partial charge in [0, 0.05) is 12.8 Å². The molecule has 0 saturated heterocycles. The molecule has 0 fully saturated rings. The van der Waals surface area contributed by atoms with Crippen LogP contribution in [-0.4, -0.2) is 22.6 Å². The predicted molar refractivity (Wildman–Crippen MR) is 97.1 cm³/mol. The molecule has 0 radical (unpaired) electrons. The summed E-state index contributed by atoms with van der Waals surface area (Å²) in [6.45, 7) is 0.696. The van der Waals surface area contributed by atoms with Gasteiger partial charge in [-0.1, -0.05) is 42.4 Å². The Balaban J connectivity index is 0.00000288. The van der Waals surface area contributed by atoms with Crippen molar-refractivity contribution in [2.75, 3.05) is 11.9 Å². The van der Waals surface area contributed by atoms with Gasteiger partial charge in [-0.05, 0) is 31.0 Å². The number of aromatic nitrogens is 2. The summed E-state index contributed by atoms with van der Waals surface area (Å²) in [4.78, 5) is 11.8. The van der Waals surface area contributed by atoms with E-state index in [1.807, 2.05) is 0 Å². The molecule has 0 spiro atoms. The van der Waals surface area contributed by atoms with E-state index in [1.54, 1.807) is 18.2 Å². The zero-order chi connectivity index (χ0) is 16.5. The summed E-state index contributed by atoms with van der Waals surface area (Å²) < 4.78 is 13.6. The van der Waals surface area contributed by atoms with E-state index in [9.17, 15) is 9.18 Å². The van der Waals surface area contributed by atoms with Crippen molar-refractivity contribution in [1.82, 2.24) is 10.2 Å². The van der Waals surface area contributed by atoms with E-state index in [2.05, 4.69) is 15.5 Å². The molecule has 0 unspecified atom stereocenters. The van der Waals surface area contributed by atoms with Crippen LogP contribution in [0.15, 0.2) is 24.3 Å². The van der Waals surface area contributed by atoms with Gasteiger partial charge in [-0.15, -0.1) is 22.6 Å². The second-order valence-electron chi connectivity index (χ2n) is 5.27. The first-order valence-electron chi connectivity index (χ1n) is 7.74. The lowest BCUT2D eigenvalue weighted by molar-refractivity contribution is -0.116. The molecule has 0 bridgehead atoms. The number of rotatable bonds is 9. The Bertz CT molecular complexity index is 638. The molecule has 24 heavy (non-hydrogen) atoms. The van der Waals surface area contributed by atoms with Crippen molar-refractivity contribution >= 4 is 34.8 Å². The molecule has 1 amide bonds. The Morgan fingerprint density at radius 1 is 1.17 bits per heavy atom. The van der Waals surface area contributed by atoms with Crippen LogP contribution in [0, 0.1) is 5.82 Å². The monoisotopic (exact) mass is 372 g/mol. The number of carbonyl (C=O) groups excluding carboxylic acids is 1. The third kappa shape index (κ3) is 6.90. The minimum absolute atomic E-state index is 0. The van der Waals surface area contributed by atoms with Crippen LogP contribution >= 0.6 is 23.7 Å². The lowest BCUT2D eigenvalue weighted by atomic mass is 10.1. The Kier molecular flexibility index (Phi) is 9.44. The second kappa shape index (κ2) is 11.1. The summed E-state index contributed by atoms with van der Waals surface area (Å²) >= 11 is 1.27. The van der Waals surface area contributed by atoms with Crippen molar-refractivity contribution in [3.8, 4) is 0 Å². The number of unbranched alkanes of at least 4 members (excludes halogenated alkanes) is 3. The number of nitrogens with zero attached hydrogens (tertiary/aromatic N) is 2. The number of hydrogen-bond acceptors (Lipinski definition) is 5. The van der Waals surface area contributed by atoms with Gasteiger partial charge in [-0.25, -0.2) is 4.39 Å². The van der Waals surface area contributed by atoms with Gasteiger partial charge in [0.1, 0.15) is 10.8 Å². The minimum atomic E-state index is -0.259. The fourth-order valence-electron chi connectivity index (χ4n) is 2.15. The SMILES string of the molecule is Cl.NCCCCCCC(=O)Nc1nnc(Cc2ccccc2F)s1. The molecule has 2 aromatic rings. The third-order valence-electron chi connectivity index (χ3n) is 3.37. The van der Waals surface area contributed by atoms with E-state index in [0.717, 1.165) is 25.7 Å². The first kappa shape index (κ1) is 20.5. The molecule has 1 aromatic heterocycles. The Morgan fingerprint density at radius 3 is 2.67 bits per heavy atom. The Hall–Kier alpha value is -1.57. The van der Waals surface area contributed by atoms with Gasteiger partial charge < -0.3 is 11.1 Å². The molecule has 0 saturated carbocycles. The van der Waals surface area contributed by atoms with Crippen molar-refractivity contribution in [3.05, 3.63) is 40.7 Å². The van der Waals surface area contributed by atoms with Crippen LogP contribution in [0.4, 0.5) is 9.52 Å². The Labute approximate surface area is 151 Å². The van der Waals surface area contributed by atoms with Gasteiger partial charge in [0.05, 0.1) is 0 Å². The van der Waals surface area contributed by atoms with E-state index >= 15 is 0 Å². The number of anilines is 1. The molecule has 0 atom stereocenters. The summed E-state index contributed by atoms with van der Waals surface area (Å²) in [5.41, 5.74) is 5.99. The molecular formula is C16H22ClFN4OS. The molecule has 2 rings (SSSR count). The van der Waals surface area contributed by atoms with Crippen LogP contribution in [-0.2, 0) is 11.2 Å². The van der Waals surface area contributed by atoms with E-state index in [0.29, 0.717) is 35.1 Å². The second-order valence-corrected chi connectivity index (χ2v) is 6.33. The van der Waals surface area contributed by atoms with Crippen LogP contribution < -0.4 is 11.1 Å². The highest BCUT2D eigenvalue weighted by Gasteiger charge is 2.10. The summed E-state index contributed by atoms with van der Waals surface area (Å²) in [5, 5.41) is 11.8. The fraction of sp³-hybridized carbons (Fsp3) is 0.438. The highest BCUT2D eigenvalue weighted by Crippen LogP contribution is 2.20. The van der Waals surface area contributed by atoms with Crippen LogP contribution in [0.2, 0.25) is 0 Å². The highest BCUT2D eigenvalue weighted by atomic mass is 35.5. The normalized spacial score (nSPS) is 10.2. The van der Waals surface area contributed by atoms with Crippen LogP contribution in [0.25, 0.3) is 0 Å². The molecular weight excluding hydrogens is 351 g/mol. The maximum absolute atomic E-state index is 13.6. The van der Waals surface area contributed by atoms with Gasteiger partial charge >= 0.3 is 0 Å². The van der Waals surface area contributed by atoms with Crippen LogP contribution in [0.5, 0.6) is 0 Å². The standard InChI is InChI=1S/C16H21FN4OS.ClH/c17-13-8-5-4-7-12(13)11-15-20-21-16(23-15)19-14(22)9-3-1-2-6-10-18;/h4-5,7-8H,1-3,6,9-11,18H2,(H,19,21,22);1H. The lowest BCUT2D eigenvalue weighted by Gasteiger charge is -2.01. The average molecular weight is 373 g/mol. The first-order valence-corrected chi connectivity index (χ1v) is 8.56. The quantitative estimate of drug-likeness (QED) is 0.660. The van der Waals surface area contributed by atoms with Crippen molar-refractivity contribution in [2.45, 2.75) is 38.5 Å². The molecule has 3 N–H and O–H groups in total. The minimum Gasteiger partial charge on any atom is -0.330 e. The van der Waals surface area contributed by atoms with E-state index in [1.165, 1.54) is 17.4 Å². The number of carbonyl (C=O) groups is 1. The van der Waals surface area contributed by atoms with E-state index in [4.69, 9.17) is 5.73 Å². The van der Waals surface area contributed by atoms with Gasteiger partial charge in [-0.2, -0.15) is 0 Å². The number of nitrogens with two attached hydrogens (primary N) is 1. The van der Waals surface area contributed by atoms with Crippen molar-refractivity contribution in [2.24, 2.45) is 5.73 Å². The maximum Gasteiger partial charge on any atom is 0.226 e. The zero-order valence-electron chi connectivity index (χ0n) is 13.3. The van der Waals surface area contributed by atoms with Gasteiger partial charge in [0.2, 0.25) is 11.0 Å². The number of amides is 1. The largest absolute Gasteiger partial charge is 0.330 e. The van der Waals surface area contributed by atoms with Crippen molar-refractivity contribution in [3.63, 3.8) is 0 Å². The molecule has 5 nitrogen and oxygen atoms in total. The summed E-state index contributed by atoms with van der Waals surface area (Å²) in [5.74, 6) is -0.322. The van der Waals surface area contributed by atoms with E-state index in [-0.39, 0.29) is 24.1 Å². The lowest BCUT2D eigenvalue weighted by Crippen LogP contribution is -2.10. The number of hydrogen-bond donors (Lipinski definition) is 2. The smallest absolute Gasteiger partial charge is 0.226 e. The first-order chi connectivity index (χ1) is 11.2. The highest BCUT2D eigenvalue weighted by molar-refractivity contribution is 7.15. The summed E-state index contributed by atoms with van der Waals surface area (Å²) in [6.07, 6.45) is 4.73. The molecule has 0 aliphatic rings. The van der Waals surface area contributed by atoms with Crippen molar-refractivity contribution < 1.29 is 9.18 Å². The van der Waals surface area contributed by atoms with Crippen molar-refractivity contribution in [1.29, 1.82) is 0 Å². The molecule has 8 heteroatoms. The van der Waals surface area contributed by atoms with Gasteiger partial charge in [0.15, 0.2) is 0 Å². The number of nitrogens with one attached hydrogen (secondary N) is 1. The fourth-order valence-corrected chi connectivity index (χ4v) is 2.92. The maximum atomic E-state index is 13.6. The van der Waals surface area contributed by atoms with E-state index < -0.39 is 0 Å². The predicted octanol–water partition coefficient (Wildman–Crippen LogP) is 3.54. The number of benzene rings is 1. The summed E-state index contributed by atoms with van der Waals surface area (Å²) in [6, 6.07) is 6.57. The molecule has 0 aliphatic carbocycles. The molecule has 1 aromatic carbocycles. The number of halogens is 2. The summed E-state index contributed by atoms with van der Waals surface area (Å²) in [7, 11) is 0. The van der Waals surface area contributed by atoms with Crippen LogP contribution in [0.3, 0.4) is 0 Å². The average Bonchev–Trinajstić information content (AvgIpc) is 2.96. The van der Waals surface area contributed by atoms with Gasteiger partial charge in [0.25, 0.3) is 0 Å². The topological polar surface area (TPSA) is 80.9 Å². The zero-order valence-corrected chi connectivity index (χ0v) is 15.0. The molecule has 0 aliphatic heterocycles. The Morgan fingerprint density at radius 2 is 1.92 bits per heavy atom. The van der Waals surface area contributed by atoms with Gasteiger partial charge in [-0.3, -0.25) is 4.79 Å².